The first-order valence-electron chi connectivity index (χ1n) is 6.15. The van der Waals surface area contributed by atoms with Gasteiger partial charge in [-0.1, -0.05) is 12.8 Å². The summed E-state index contributed by atoms with van der Waals surface area (Å²) in [7, 11) is -3.58. The van der Waals surface area contributed by atoms with Crippen molar-refractivity contribution < 1.29 is 17.9 Å². The van der Waals surface area contributed by atoms with Crippen LogP contribution in [0.3, 0.4) is 0 Å². The Bertz CT molecular complexity index is 529. The van der Waals surface area contributed by atoms with E-state index in [2.05, 4.69) is 4.72 Å². The number of aliphatic hydroxyl groups is 1. The minimum atomic E-state index is -3.58. The maximum atomic E-state index is 12.2. The summed E-state index contributed by atoms with van der Waals surface area (Å²) >= 11 is 0. The van der Waals surface area contributed by atoms with Crippen LogP contribution in [0.4, 0.5) is 0 Å². The molecule has 0 amide bonds. The number of rotatable bonds is 6. The summed E-state index contributed by atoms with van der Waals surface area (Å²) in [6.07, 6.45) is 3.28. The van der Waals surface area contributed by atoms with Gasteiger partial charge in [0.15, 0.2) is 0 Å². The average Bonchev–Trinajstić information content (AvgIpc) is 3.03. The second kappa shape index (κ2) is 5.03. The van der Waals surface area contributed by atoms with Crippen molar-refractivity contribution in [3.05, 3.63) is 17.1 Å². The molecule has 0 aromatic carbocycles. The zero-order valence-corrected chi connectivity index (χ0v) is 11.5. The number of nitrogens with one attached hydrogen (secondary N) is 1. The van der Waals surface area contributed by atoms with Crippen LogP contribution in [-0.2, 0) is 16.6 Å². The molecular formula is C12H19NO4S. The van der Waals surface area contributed by atoms with Gasteiger partial charge in [0.2, 0.25) is 10.0 Å². The fourth-order valence-electron chi connectivity index (χ4n) is 2.12. The molecule has 0 unspecified atom stereocenters. The summed E-state index contributed by atoms with van der Waals surface area (Å²) in [4.78, 5) is 0.0956. The molecule has 5 nitrogen and oxygen atoms in total. The van der Waals surface area contributed by atoms with Crippen molar-refractivity contribution in [2.24, 2.45) is 5.92 Å². The highest BCUT2D eigenvalue weighted by atomic mass is 32.2. The van der Waals surface area contributed by atoms with Crippen molar-refractivity contribution >= 4 is 10.0 Å². The largest absolute Gasteiger partial charge is 0.465 e. The number of hydrogen-bond donors (Lipinski definition) is 2. The molecule has 1 fully saturated rings. The highest BCUT2D eigenvalue weighted by molar-refractivity contribution is 7.89. The maximum absolute atomic E-state index is 12.2. The van der Waals surface area contributed by atoms with Crippen LogP contribution in [0.1, 0.15) is 36.3 Å². The molecule has 0 atom stereocenters. The number of hydrogen-bond acceptors (Lipinski definition) is 4. The van der Waals surface area contributed by atoms with E-state index < -0.39 is 10.0 Å². The molecule has 1 aromatic rings. The van der Waals surface area contributed by atoms with Gasteiger partial charge >= 0.3 is 0 Å². The second-order valence-electron chi connectivity index (χ2n) is 4.81. The summed E-state index contributed by atoms with van der Waals surface area (Å²) in [5, 5.41) is 9.25. The van der Waals surface area contributed by atoms with Gasteiger partial charge in [-0.25, -0.2) is 13.1 Å². The quantitative estimate of drug-likeness (QED) is 0.822. The van der Waals surface area contributed by atoms with Gasteiger partial charge in [-0.2, -0.15) is 0 Å². The van der Waals surface area contributed by atoms with E-state index in [9.17, 15) is 13.5 Å². The van der Waals surface area contributed by atoms with Crippen LogP contribution in [0, 0.1) is 19.8 Å². The Balaban J connectivity index is 2.17. The molecule has 1 aliphatic rings. The van der Waals surface area contributed by atoms with Gasteiger partial charge in [0.1, 0.15) is 16.4 Å². The van der Waals surface area contributed by atoms with Crippen molar-refractivity contribution in [3.8, 4) is 0 Å². The third-order valence-corrected chi connectivity index (χ3v) is 4.95. The molecule has 1 saturated carbocycles. The zero-order valence-electron chi connectivity index (χ0n) is 10.7. The van der Waals surface area contributed by atoms with Crippen molar-refractivity contribution in [1.82, 2.24) is 4.72 Å². The Hall–Kier alpha value is -0.850. The van der Waals surface area contributed by atoms with Crippen LogP contribution < -0.4 is 4.72 Å². The first-order chi connectivity index (χ1) is 8.45. The first kappa shape index (κ1) is 13.6. The molecule has 1 aliphatic carbocycles. The van der Waals surface area contributed by atoms with Crippen LogP contribution in [0.25, 0.3) is 0 Å². The van der Waals surface area contributed by atoms with Gasteiger partial charge in [-0.15, -0.1) is 0 Å². The molecule has 0 radical (unpaired) electrons. The van der Waals surface area contributed by atoms with Crippen LogP contribution in [0.5, 0.6) is 0 Å². The normalized spacial score (nSPS) is 16.2. The van der Waals surface area contributed by atoms with Crippen molar-refractivity contribution in [1.29, 1.82) is 0 Å². The molecule has 1 heterocycles. The number of furan rings is 1. The summed E-state index contributed by atoms with van der Waals surface area (Å²) in [5.41, 5.74) is 0.353. The lowest BCUT2D eigenvalue weighted by Gasteiger charge is -2.07. The predicted octanol–water partition coefficient (Wildman–Crippen LogP) is 1.47. The molecule has 2 rings (SSSR count). The summed E-state index contributed by atoms with van der Waals surface area (Å²) in [5.74, 6) is 1.46. The molecule has 2 N–H and O–H groups in total. The van der Waals surface area contributed by atoms with Crippen LogP contribution in [0.15, 0.2) is 9.31 Å². The van der Waals surface area contributed by atoms with Crippen LogP contribution in [-0.4, -0.2) is 20.1 Å². The van der Waals surface area contributed by atoms with E-state index in [4.69, 9.17) is 4.42 Å². The molecular weight excluding hydrogens is 254 g/mol. The molecule has 0 aliphatic heterocycles. The molecule has 6 heteroatoms. The molecule has 18 heavy (non-hydrogen) atoms. The van der Waals surface area contributed by atoms with E-state index in [1.54, 1.807) is 13.8 Å². The predicted molar refractivity (Wildman–Crippen MR) is 66.6 cm³/mol. The average molecular weight is 273 g/mol. The fraction of sp³-hybridized carbons (Fsp3) is 0.667. The van der Waals surface area contributed by atoms with Crippen LogP contribution in [0.2, 0.25) is 0 Å². The summed E-state index contributed by atoms with van der Waals surface area (Å²) < 4.78 is 32.2. The van der Waals surface area contributed by atoms with Gasteiger partial charge in [0, 0.05) is 12.1 Å². The topological polar surface area (TPSA) is 79.5 Å². The number of sulfonamides is 1. The minimum Gasteiger partial charge on any atom is -0.465 e. The molecule has 0 bridgehead atoms. The smallest absolute Gasteiger partial charge is 0.244 e. The monoisotopic (exact) mass is 273 g/mol. The van der Waals surface area contributed by atoms with Gasteiger partial charge in [0.25, 0.3) is 0 Å². The van der Waals surface area contributed by atoms with Gasteiger partial charge in [-0.3, -0.25) is 0 Å². The Kier molecular flexibility index (Phi) is 3.79. The van der Waals surface area contributed by atoms with Crippen LogP contribution >= 0.6 is 0 Å². The Morgan fingerprint density at radius 1 is 1.33 bits per heavy atom. The highest BCUT2D eigenvalue weighted by Gasteiger charge is 2.27. The zero-order chi connectivity index (χ0) is 13.3. The fourth-order valence-corrected chi connectivity index (χ4v) is 3.60. The lowest BCUT2D eigenvalue weighted by Crippen LogP contribution is -2.26. The van der Waals surface area contributed by atoms with Crippen molar-refractivity contribution in [2.45, 2.75) is 44.6 Å². The van der Waals surface area contributed by atoms with Crippen molar-refractivity contribution in [3.63, 3.8) is 0 Å². The molecule has 102 valence electrons. The minimum absolute atomic E-state index is 0.0956. The Morgan fingerprint density at radius 3 is 2.56 bits per heavy atom. The molecule has 0 spiro atoms. The molecule has 1 aromatic heterocycles. The number of aliphatic hydroxyl groups excluding tert-OH is 1. The third kappa shape index (κ3) is 2.76. The third-order valence-electron chi connectivity index (χ3n) is 3.29. The van der Waals surface area contributed by atoms with E-state index >= 15 is 0 Å². The summed E-state index contributed by atoms with van der Waals surface area (Å²) in [6, 6.07) is 0. The van der Waals surface area contributed by atoms with E-state index in [1.807, 2.05) is 0 Å². The van der Waals surface area contributed by atoms with E-state index in [1.165, 1.54) is 12.8 Å². The maximum Gasteiger partial charge on any atom is 0.244 e. The first-order valence-corrected chi connectivity index (χ1v) is 7.63. The van der Waals surface area contributed by atoms with E-state index in [0.29, 0.717) is 29.5 Å². The standard InChI is InChI=1S/C12H19NO4S/c1-8-11(7-14)12(9(2)17-8)18(15,16)13-6-5-10-3-4-10/h10,13-14H,3-7H2,1-2H3. The van der Waals surface area contributed by atoms with Crippen molar-refractivity contribution in [2.75, 3.05) is 6.54 Å². The van der Waals surface area contributed by atoms with Gasteiger partial charge in [0.05, 0.1) is 6.61 Å². The van der Waals surface area contributed by atoms with Gasteiger partial charge in [-0.05, 0) is 26.2 Å². The van der Waals surface area contributed by atoms with Gasteiger partial charge < -0.3 is 9.52 Å². The Morgan fingerprint density at radius 2 is 2.00 bits per heavy atom. The van der Waals surface area contributed by atoms with E-state index in [0.717, 1.165) is 6.42 Å². The summed E-state index contributed by atoms with van der Waals surface area (Å²) in [6.45, 7) is 3.37. The lowest BCUT2D eigenvalue weighted by molar-refractivity contribution is 0.276. The molecule has 0 saturated heterocycles. The number of aryl methyl sites for hydroxylation is 2. The second-order valence-corrected chi connectivity index (χ2v) is 6.51. The SMILES string of the molecule is Cc1oc(C)c(S(=O)(=O)NCCC2CC2)c1CO. The lowest BCUT2D eigenvalue weighted by atomic mass is 10.2. The van der Waals surface area contributed by atoms with E-state index in [-0.39, 0.29) is 11.5 Å². The Labute approximate surface area is 107 Å². The highest BCUT2D eigenvalue weighted by Crippen LogP contribution is 2.32.